The standard InChI is InChI=1S/C22H27N5O3S/c1-14-8-9-18(25-31(4,29)30)17(12-14)22(28)26-10-6-5-7-19(26)21-23-20-13-15(2)11-16(3)27(20)24-21/h8-9,11-13,19,25H,5-7,10H2,1-4H3. The van der Waals surface area contributed by atoms with E-state index in [2.05, 4.69) is 4.72 Å². The molecule has 0 radical (unpaired) electrons. The fourth-order valence-electron chi connectivity index (χ4n) is 4.19. The van der Waals surface area contributed by atoms with Crippen molar-refractivity contribution in [1.29, 1.82) is 0 Å². The van der Waals surface area contributed by atoms with Gasteiger partial charge in [0.05, 0.1) is 23.5 Å². The lowest BCUT2D eigenvalue weighted by Crippen LogP contribution is -2.39. The number of hydrogen-bond acceptors (Lipinski definition) is 5. The minimum Gasteiger partial charge on any atom is -0.328 e. The van der Waals surface area contributed by atoms with Crippen LogP contribution < -0.4 is 4.72 Å². The summed E-state index contributed by atoms with van der Waals surface area (Å²) in [6.45, 7) is 6.46. The molecule has 164 valence electrons. The molecule has 0 spiro atoms. The lowest BCUT2D eigenvalue weighted by atomic mass is 9.99. The minimum atomic E-state index is -3.52. The predicted molar refractivity (Wildman–Crippen MR) is 120 cm³/mol. The van der Waals surface area contributed by atoms with Crippen molar-refractivity contribution in [2.24, 2.45) is 0 Å². The number of sulfonamides is 1. The molecule has 4 rings (SSSR count). The highest BCUT2D eigenvalue weighted by Crippen LogP contribution is 2.32. The van der Waals surface area contributed by atoms with Crippen LogP contribution in [-0.4, -0.2) is 46.6 Å². The number of likely N-dealkylation sites (tertiary alicyclic amines) is 1. The van der Waals surface area contributed by atoms with Gasteiger partial charge in [-0.25, -0.2) is 17.9 Å². The molecule has 1 saturated heterocycles. The van der Waals surface area contributed by atoms with Gasteiger partial charge in [0, 0.05) is 12.2 Å². The first-order valence-corrected chi connectivity index (χ1v) is 12.2. The lowest BCUT2D eigenvalue weighted by molar-refractivity contribution is 0.0601. The number of amides is 1. The quantitative estimate of drug-likeness (QED) is 0.669. The van der Waals surface area contributed by atoms with Crippen LogP contribution in [0.3, 0.4) is 0 Å². The van der Waals surface area contributed by atoms with E-state index in [1.54, 1.807) is 23.1 Å². The van der Waals surface area contributed by atoms with Crippen LogP contribution in [0, 0.1) is 20.8 Å². The van der Waals surface area contributed by atoms with Gasteiger partial charge in [-0.2, -0.15) is 0 Å². The normalized spacial score (nSPS) is 17.2. The third kappa shape index (κ3) is 4.41. The van der Waals surface area contributed by atoms with Crippen LogP contribution in [0.4, 0.5) is 5.69 Å². The van der Waals surface area contributed by atoms with Crippen molar-refractivity contribution in [3.05, 3.63) is 58.5 Å². The van der Waals surface area contributed by atoms with E-state index in [1.165, 1.54) is 0 Å². The molecular formula is C22H27N5O3S. The van der Waals surface area contributed by atoms with E-state index in [9.17, 15) is 13.2 Å². The Labute approximate surface area is 182 Å². The van der Waals surface area contributed by atoms with Gasteiger partial charge in [-0.3, -0.25) is 9.52 Å². The number of pyridine rings is 1. The number of benzene rings is 1. The Morgan fingerprint density at radius 3 is 2.61 bits per heavy atom. The van der Waals surface area contributed by atoms with Crippen LogP contribution in [0.5, 0.6) is 0 Å². The molecule has 31 heavy (non-hydrogen) atoms. The summed E-state index contributed by atoms with van der Waals surface area (Å²) >= 11 is 0. The van der Waals surface area contributed by atoms with Crippen molar-refractivity contribution in [3.8, 4) is 0 Å². The van der Waals surface area contributed by atoms with Gasteiger partial charge in [-0.1, -0.05) is 11.6 Å². The average Bonchev–Trinajstić information content (AvgIpc) is 3.12. The molecule has 3 aromatic rings. The number of piperidine rings is 1. The largest absolute Gasteiger partial charge is 0.328 e. The van der Waals surface area contributed by atoms with Gasteiger partial charge in [-0.15, -0.1) is 5.10 Å². The number of aromatic nitrogens is 3. The number of nitrogens with one attached hydrogen (secondary N) is 1. The number of carbonyl (C=O) groups is 1. The average molecular weight is 442 g/mol. The molecule has 1 amide bonds. The summed E-state index contributed by atoms with van der Waals surface area (Å²) in [7, 11) is -3.52. The Morgan fingerprint density at radius 2 is 1.87 bits per heavy atom. The Hall–Kier alpha value is -2.94. The summed E-state index contributed by atoms with van der Waals surface area (Å²) in [6.07, 6.45) is 3.70. The van der Waals surface area contributed by atoms with E-state index in [-0.39, 0.29) is 17.6 Å². The SMILES string of the molecule is Cc1ccc(NS(C)(=O)=O)c(C(=O)N2CCCCC2c2nc3cc(C)cc(C)n3n2)c1. The van der Waals surface area contributed by atoms with Gasteiger partial charge >= 0.3 is 0 Å². The van der Waals surface area contributed by atoms with Crippen LogP contribution in [0.15, 0.2) is 30.3 Å². The van der Waals surface area contributed by atoms with Gasteiger partial charge in [0.2, 0.25) is 10.0 Å². The summed E-state index contributed by atoms with van der Waals surface area (Å²) in [6, 6.07) is 8.92. The van der Waals surface area contributed by atoms with Crippen LogP contribution in [-0.2, 0) is 10.0 Å². The van der Waals surface area contributed by atoms with Crippen molar-refractivity contribution in [2.75, 3.05) is 17.5 Å². The van der Waals surface area contributed by atoms with Crippen molar-refractivity contribution in [2.45, 2.75) is 46.1 Å². The van der Waals surface area contributed by atoms with Crippen molar-refractivity contribution < 1.29 is 13.2 Å². The van der Waals surface area contributed by atoms with Crippen LogP contribution in [0.1, 0.15) is 58.3 Å². The highest BCUT2D eigenvalue weighted by Gasteiger charge is 2.33. The van der Waals surface area contributed by atoms with Crippen LogP contribution in [0.2, 0.25) is 0 Å². The summed E-state index contributed by atoms with van der Waals surface area (Å²) in [5, 5.41) is 4.70. The number of aryl methyl sites for hydroxylation is 3. The molecular weight excluding hydrogens is 414 g/mol. The third-order valence-electron chi connectivity index (χ3n) is 5.54. The number of anilines is 1. The molecule has 8 nitrogen and oxygen atoms in total. The lowest BCUT2D eigenvalue weighted by Gasteiger charge is -2.34. The van der Waals surface area contributed by atoms with E-state index in [1.807, 2.05) is 37.4 Å². The van der Waals surface area contributed by atoms with Crippen molar-refractivity contribution in [1.82, 2.24) is 19.5 Å². The summed E-state index contributed by atoms with van der Waals surface area (Å²) in [5.74, 6) is 0.401. The van der Waals surface area contributed by atoms with E-state index >= 15 is 0 Å². The number of nitrogens with zero attached hydrogens (tertiary/aromatic N) is 4. The molecule has 3 heterocycles. The third-order valence-corrected chi connectivity index (χ3v) is 6.13. The van der Waals surface area contributed by atoms with Crippen LogP contribution in [0.25, 0.3) is 5.65 Å². The molecule has 9 heteroatoms. The molecule has 0 saturated carbocycles. The monoisotopic (exact) mass is 441 g/mol. The van der Waals surface area contributed by atoms with Gasteiger partial charge < -0.3 is 4.90 Å². The highest BCUT2D eigenvalue weighted by molar-refractivity contribution is 7.92. The Bertz CT molecular complexity index is 1270. The van der Waals surface area contributed by atoms with Gasteiger partial charge in [0.1, 0.15) is 0 Å². The summed E-state index contributed by atoms with van der Waals surface area (Å²) < 4.78 is 27.9. The van der Waals surface area contributed by atoms with Crippen molar-refractivity contribution in [3.63, 3.8) is 0 Å². The van der Waals surface area contributed by atoms with Gasteiger partial charge in [0.15, 0.2) is 11.5 Å². The molecule has 2 aromatic heterocycles. The highest BCUT2D eigenvalue weighted by atomic mass is 32.2. The Kier molecular flexibility index (Phi) is 5.47. The molecule has 1 aliphatic rings. The fraction of sp³-hybridized carbons (Fsp3) is 0.409. The zero-order chi connectivity index (χ0) is 22.3. The fourth-order valence-corrected chi connectivity index (χ4v) is 4.77. The molecule has 1 aromatic carbocycles. The first-order chi connectivity index (χ1) is 14.6. The number of rotatable bonds is 4. The van der Waals surface area contributed by atoms with Gasteiger partial charge in [0.25, 0.3) is 5.91 Å². The van der Waals surface area contributed by atoms with E-state index in [4.69, 9.17) is 10.1 Å². The Morgan fingerprint density at radius 1 is 1.10 bits per heavy atom. The Balaban J connectivity index is 1.74. The molecule has 1 N–H and O–H groups in total. The minimum absolute atomic E-state index is 0.216. The first-order valence-electron chi connectivity index (χ1n) is 10.4. The van der Waals surface area contributed by atoms with Crippen LogP contribution >= 0.6 is 0 Å². The second-order valence-electron chi connectivity index (χ2n) is 8.35. The van der Waals surface area contributed by atoms with E-state index < -0.39 is 10.0 Å². The zero-order valence-electron chi connectivity index (χ0n) is 18.2. The zero-order valence-corrected chi connectivity index (χ0v) is 19.0. The van der Waals surface area contributed by atoms with Crippen molar-refractivity contribution >= 4 is 27.3 Å². The number of carbonyl (C=O) groups excluding carboxylic acids is 1. The second kappa shape index (κ2) is 7.96. The number of hydrogen-bond donors (Lipinski definition) is 1. The maximum atomic E-state index is 13.6. The summed E-state index contributed by atoms with van der Waals surface area (Å²) in [4.78, 5) is 20.1. The maximum absolute atomic E-state index is 13.6. The first kappa shape index (κ1) is 21.3. The van der Waals surface area contributed by atoms with Gasteiger partial charge in [-0.05, 0) is 69.9 Å². The molecule has 1 fully saturated rings. The second-order valence-corrected chi connectivity index (χ2v) is 10.1. The van der Waals surface area contributed by atoms with E-state index in [0.717, 1.165) is 48.0 Å². The molecule has 0 aliphatic carbocycles. The number of fused-ring (bicyclic) bond motifs is 1. The summed E-state index contributed by atoms with van der Waals surface area (Å²) in [5.41, 5.74) is 4.37. The smallest absolute Gasteiger partial charge is 0.256 e. The maximum Gasteiger partial charge on any atom is 0.256 e. The molecule has 1 aliphatic heterocycles. The topological polar surface area (TPSA) is 96.7 Å². The van der Waals surface area contributed by atoms with E-state index in [0.29, 0.717) is 17.9 Å². The molecule has 0 bridgehead atoms. The predicted octanol–water partition coefficient (Wildman–Crippen LogP) is 3.39. The molecule has 1 atom stereocenters. The molecule has 1 unspecified atom stereocenters.